The summed E-state index contributed by atoms with van der Waals surface area (Å²) < 4.78 is 13.1. The molecule has 0 atom stereocenters. The number of hydrogen-bond donors (Lipinski definition) is 3. The number of aryl methyl sites for hydroxylation is 1. The van der Waals surface area contributed by atoms with E-state index in [4.69, 9.17) is 0 Å². The van der Waals surface area contributed by atoms with Crippen molar-refractivity contribution in [1.82, 2.24) is 25.4 Å². The number of aromatic amines is 2. The van der Waals surface area contributed by atoms with Crippen molar-refractivity contribution in [2.75, 3.05) is 5.32 Å². The second-order valence-corrected chi connectivity index (χ2v) is 5.99. The molecular weight excluding hydrogens is 347 g/mol. The van der Waals surface area contributed by atoms with Crippen molar-refractivity contribution in [3.05, 3.63) is 71.7 Å². The van der Waals surface area contributed by atoms with Gasteiger partial charge in [0, 0.05) is 11.1 Å². The van der Waals surface area contributed by atoms with Gasteiger partial charge in [-0.2, -0.15) is 10.1 Å². The van der Waals surface area contributed by atoms with Crippen molar-refractivity contribution in [3.8, 4) is 22.6 Å². The molecule has 0 aliphatic heterocycles. The fraction of sp³-hybridized carbons (Fsp3) is 0.0526. The van der Waals surface area contributed by atoms with Crippen LogP contribution in [0.15, 0.2) is 54.7 Å². The summed E-state index contributed by atoms with van der Waals surface area (Å²) in [4.78, 5) is 16.9. The number of benzene rings is 2. The second kappa shape index (κ2) is 6.83. The molecule has 1 amide bonds. The molecule has 2 heterocycles. The SMILES string of the molecule is Cc1ccc(-c2nc(NC(=O)c3cn[nH]c3-c3ccc(F)cc3)n[nH]2)cc1. The summed E-state index contributed by atoms with van der Waals surface area (Å²) in [6, 6.07) is 13.6. The van der Waals surface area contributed by atoms with E-state index in [1.807, 2.05) is 31.2 Å². The van der Waals surface area contributed by atoms with Crippen LogP contribution in [0.4, 0.5) is 10.3 Å². The molecule has 0 saturated carbocycles. The third-order valence-electron chi connectivity index (χ3n) is 4.05. The Labute approximate surface area is 153 Å². The molecule has 7 nitrogen and oxygen atoms in total. The van der Waals surface area contributed by atoms with Crippen molar-refractivity contribution < 1.29 is 9.18 Å². The van der Waals surface area contributed by atoms with Crippen LogP contribution in [0.2, 0.25) is 0 Å². The molecule has 27 heavy (non-hydrogen) atoms. The van der Waals surface area contributed by atoms with Gasteiger partial charge in [0.2, 0.25) is 5.95 Å². The van der Waals surface area contributed by atoms with Gasteiger partial charge in [-0.3, -0.25) is 20.3 Å². The highest BCUT2D eigenvalue weighted by atomic mass is 19.1. The average molecular weight is 362 g/mol. The highest BCUT2D eigenvalue weighted by molar-refractivity contribution is 6.07. The number of H-pyrrole nitrogens is 2. The predicted molar refractivity (Wildman–Crippen MR) is 98.5 cm³/mol. The first-order chi connectivity index (χ1) is 13.1. The smallest absolute Gasteiger partial charge is 0.261 e. The monoisotopic (exact) mass is 362 g/mol. The topological polar surface area (TPSA) is 99.3 Å². The van der Waals surface area contributed by atoms with Crippen LogP contribution in [0.25, 0.3) is 22.6 Å². The van der Waals surface area contributed by atoms with E-state index in [0.29, 0.717) is 22.6 Å². The van der Waals surface area contributed by atoms with E-state index in [1.165, 1.54) is 18.3 Å². The first-order valence-electron chi connectivity index (χ1n) is 8.20. The van der Waals surface area contributed by atoms with Gasteiger partial charge in [-0.25, -0.2) is 4.39 Å². The third kappa shape index (κ3) is 3.45. The average Bonchev–Trinajstić information content (AvgIpc) is 3.33. The number of aromatic nitrogens is 5. The van der Waals surface area contributed by atoms with E-state index in [9.17, 15) is 9.18 Å². The summed E-state index contributed by atoms with van der Waals surface area (Å²) >= 11 is 0. The van der Waals surface area contributed by atoms with Crippen LogP contribution in [0.1, 0.15) is 15.9 Å². The maximum Gasteiger partial charge on any atom is 0.261 e. The van der Waals surface area contributed by atoms with E-state index in [-0.39, 0.29) is 11.8 Å². The second-order valence-electron chi connectivity index (χ2n) is 5.99. The Morgan fingerprint density at radius 1 is 1.00 bits per heavy atom. The molecule has 0 radical (unpaired) electrons. The first-order valence-corrected chi connectivity index (χ1v) is 8.20. The third-order valence-corrected chi connectivity index (χ3v) is 4.05. The molecule has 0 aliphatic carbocycles. The Kier molecular flexibility index (Phi) is 4.21. The molecule has 3 N–H and O–H groups in total. The highest BCUT2D eigenvalue weighted by Gasteiger charge is 2.17. The van der Waals surface area contributed by atoms with Gasteiger partial charge >= 0.3 is 0 Å². The van der Waals surface area contributed by atoms with Gasteiger partial charge in [0.05, 0.1) is 17.5 Å². The van der Waals surface area contributed by atoms with Crippen LogP contribution in [-0.4, -0.2) is 31.3 Å². The molecule has 0 fully saturated rings. The number of nitrogens with zero attached hydrogens (tertiary/aromatic N) is 3. The molecule has 4 rings (SSSR count). The molecule has 0 spiro atoms. The molecule has 4 aromatic rings. The van der Waals surface area contributed by atoms with Crippen molar-refractivity contribution in [3.63, 3.8) is 0 Å². The van der Waals surface area contributed by atoms with Gasteiger partial charge in [-0.15, -0.1) is 5.10 Å². The van der Waals surface area contributed by atoms with E-state index >= 15 is 0 Å². The number of halogens is 1. The fourth-order valence-electron chi connectivity index (χ4n) is 2.62. The van der Waals surface area contributed by atoms with E-state index in [1.54, 1.807) is 12.1 Å². The summed E-state index contributed by atoms with van der Waals surface area (Å²) in [5.41, 5.74) is 3.45. The van der Waals surface area contributed by atoms with Crippen LogP contribution >= 0.6 is 0 Å². The number of hydrogen-bond acceptors (Lipinski definition) is 4. The van der Waals surface area contributed by atoms with Gasteiger partial charge in [-0.1, -0.05) is 29.8 Å². The van der Waals surface area contributed by atoms with Gasteiger partial charge < -0.3 is 0 Å². The van der Waals surface area contributed by atoms with Crippen LogP contribution < -0.4 is 5.32 Å². The fourth-order valence-corrected chi connectivity index (χ4v) is 2.62. The van der Waals surface area contributed by atoms with E-state index in [0.717, 1.165) is 11.1 Å². The molecule has 134 valence electrons. The summed E-state index contributed by atoms with van der Waals surface area (Å²) in [7, 11) is 0. The zero-order valence-electron chi connectivity index (χ0n) is 14.3. The van der Waals surface area contributed by atoms with E-state index < -0.39 is 5.91 Å². The molecule has 0 saturated heterocycles. The van der Waals surface area contributed by atoms with Gasteiger partial charge in [0.25, 0.3) is 5.91 Å². The number of amides is 1. The zero-order valence-corrected chi connectivity index (χ0v) is 14.3. The van der Waals surface area contributed by atoms with Crippen LogP contribution in [0, 0.1) is 12.7 Å². The minimum absolute atomic E-state index is 0.154. The lowest BCUT2D eigenvalue weighted by Crippen LogP contribution is -2.13. The highest BCUT2D eigenvalue weighted by Crippen LogP contribution is 2.22. The van der Waals surface area contributed by atoms with Crippen LogP contribution in [-0.2, 0) is 0 Å². The molecule has 8 heteroatoms. The Bertz CT molecular complexity index is 1080. The van der Waals surface area contributed by atoms with Gasteiger partial charge in [-0.05, 0) is 31.2 Å². The molecule has 2 aromatic heterocycles. The molecule has 2 aromatic carbocycles. The van der Waals surface area contributed by atoms with Crippen LogP contribution in [0.5, 0.6) is 0 Å². The molecule has 0 bridgehead atoms. The van der Waals surface area contributed by atoms with Crippen molar-refractivity contribution in [2.45, 2.75) is 6.92 Å². The van der Waals surface area contributed by atoms with Gasteiger partial charge in [0.15, 0.2) is 5.82 Å². The number of rotatable bonds is 4. The van der Waals surface area contributed by atoms with Crippen LogP contribution in [0.3, 0.4) is 0 Å². The predicted octanol–water partition coefficient (Wildman–Crippen LogP) is 3.56. The molecular formula is C19H15FN6O. The zero-order chi connectivity index (χ0) is 18.8. The number of nitrogens with one attached hydrogen (secondary N) is 3. The Morgan fingerprint density at radius 2 is 1.70 bits per heavy atom. The van der Waals surface area contributed by atoms with Crippen molar-refractivity contribution in [2.24, 2.45) is 0 Å². The summed E-state index contributed by atoms with van der Waals surface area (Å²) in [6.45, 7) is 2.00. The summed E-state index contributed by atoms with van der Waals surface area (Å²) in [6.07, 6.45) is 1.40. The van der Waals surface area contributed by atoms with Crippen molar-refractivity contribution >= 4 is 11.9 Å². The Morgan fingerprint density at radius 3 is 2.44 bits per heavy atom. The number of carbonyl (C=O) groups is 1. The largest absolute Gasteiger partial charge is 0.289 e. The molecule has 0 unspecified atom stereocenters. The summed E-state index contributed by atoms with van der Waals surface area (Å²) in [5.74, 6) is -0.0655. The van der Waals surface area contributed by atoms with Crippen molar-refractivity contribution in [1.29, 1.82) is 0 Å². The lowest BCUT2D eigenvalue weighted by molar-refractivity contribution is 0.102. The quantitative estimate of drug-likeness (QED) is 0.517. The maximum atomic E-state index is 13.1. The lowest BCUT2D eigenvalue weighted by Gasteiger charge is -2.03. The summed E-state index contributed by atoms with van der Waals surface area (Å²) in [5, 5.41) is 16.2. The number of anilines is 1. The normalized spacial score (nSPS) is 10.7. The number of carbonyl (C=O) groups excluding carboxylic acids is 1. The maximum absolute atomic E-state index is 13.1. The van der Waals surface area contributed by atoms with Gasteiger partial charge in [0.1, 0.15) is 5.82 Å². The molecule has 0 aliphatic rings. The Balaban J connectivity index is 1.55. The Hall–Kier alpha value is -3.81. The van der Waals surface area contributed by atoms with E-state index in [2.05, 4.69) is 30.7 Å². The minimum atomic E-state index is -0.419. The lowest BCUT2D eigenvalue weighted by atomic mass is 10.1. The minimum Gasteiger partial charge on any atom is -0.289 e. The standard InChI is InChI=1S/C19H15FN6O/c1-11-2-4-13(5-3-11)17-22-19(26-25-17)23-18(27)15-10-21-24-16(15)12-6-8-14(20)9-7-12/h2-10H,1H3,(H,21,24)(H2,22,23,25,26,27). The first kappa shape index (κ1) is 16.6.